The second kappa shape index (κ2) is 10.9. The molecule has 0 aromatic heterocycles. The van der Waals surface area contributed by atoms with Crippen molar-refractivity contribution in [2.45, 2.75) is 56.9 Å². The van der Waals surface area contributed by atoms with Crippen molar-refractivity contribution in [3.8, 4) is 0 Å². The number of hydrogen-bond acceptors (Lipinski definition) is 5. The van der Waals surface area contributed by atoms with Gasteiger partial charge in [-0.05, 0) is 62.6 Å². The molecule has 0 radical (unpaired) electrons. The number of anilines is 2. The molecule has 0 unspecified atom stereocenters. The number of aryl methyl sites for hydroxylation is 1. The molecule has 1 aliphatic heterocycles. The van der Waals surface area contributed by atoms with Gasteiger partial charge in [-0.15, -0.1) is 0 Å². The van der Waals surface area contributed by atoms with Crippen LogP contribution in [0.25, 0.3) is 0 Å². The maximum Gasteiger partial charge on any atom is 0.248 e. The summed E-state index contributed by atoms with van der Waals surface area (Å²) < 4.78 is 53.7. The lowest BCUT2D eigenvalue weighted by Crippen LogP contribution is -2.47. The average Bonchev–Trinajstić information content (AvgIpc) is 3.08. The van der Waals surface area contributed by atoms with Crippen LogP contribution in [0.1, 0.15) is 44.6 Å². The van der Waals surface area contributed by atoms with Gasteiger partial charge in [-0.1, -0.05) is 37.5 Å². The van der Waals surface area contributed by atoms with Gasteiger partial charge in [0.25, 0.3) is 0 Å². The number of amides is 1. The Morgan fingerprint density at radius 3 is 2.00 bits per heavy atom. The van der Waals surface area contributed by atoms with Gasteiger partial charge in [0.1, 0.15) is 6.04 Å². The molecule has 1 atom stereocenters. The monoisotopic (exact) mass is 507 g/mol. The second-order valence-corrected chi connectivity index (χ2v) is 12.4. The maximum atomic E-state index is 13.1. The summed E-state index contributed by atoms with van der Waals surface area (Å²) in [5.41, 5.74) is 1.79. The zero-order valence-electron chi connectivity index (χ0n) is 19.9. The van der Waals surface area contributed by atoms with E-state index >= 15 is 0 Å². The third kappa shape index (κ3) is 6.17. The van der Waals surface area contributed by atoms with Gasteiger partial charge in [0.05, 0.1) is 16.8 Å². The Hall–Kier alpha value is -2.43. The van der Waals surface area contributed by atoms with Crippen LogP contribution < -0.4 is 9.62 Å². The van der Waals surface area contributed by atoms with Crippen LogP contribution in [-0.4, -0.2) is 52.4 Å². The van der Waals surface area contributed by atoms with Gasteiger partial charge in [-0.2, -0.15) is 4.31 Å². The standard InChI is InChI=1S/C24H33N3O5S2/c1-4-23(27(33(3,29)30)21-13-9-19(2)10-14-21)24(28)25-20-11-15-22(16-12-20)34(31,32)26-17-7-5-6-8-18-26/h9-16,23H,4-8,17-18H2,1-3H3,(H,25,28)/t23-/m0/s1. The zero-order chi connectivity index (χ0) is 24.9. The molecule has 34 heavy (non-hydrogen) atoms. The van der Waals surface area contributed by atoms with Crippen molar-refractivity contribution in [2.24, 2.45) is 0 Å². The third-order valence-corrected chi connectivity index (χ3v) is 9.04. The lowest BCUT2D eigenvalue weighted by atomic mass is 10.1. The Bertz CT molecular complexity index is 1190. The fourth-order valence-corrected chi connectivity index (χ4v) is 6.85. The minimum atomic E-state index is -3.73. The van der Waals surface area contributed by atoms with Gasteiger partial charge >= 0.3 is 0 Å². The summed E-state index contributed by atoms with van der Waals surface area (Å²) in [6.07, 6.45) is 5.10. The highest BCUT2D eigenvalue weighted by atomic mass is 32.2. The van der Waals surface area contributed by atoms with Crippen LogP contribution in [0, 0.1) is 6.92 Å². The van der Waals surface area contributed by atoms with Gasteiger partial charge in [0.15, 0.2) is 0 Å². The van der Waals surface area contributed by atoms with Crippen molar-refractivity contribution in [1.82, 2.24) is 4.31 Å². The molecule has 8 nitrogen and oxygen atoms in total. The minimum absolute atomic E-state index is 0.178. The summed E-state index contributed by atoms with van der Waals surface area (Å²) >= 11 is 0. The normalized spacial score (nSPS) is 16.4. The summed E-state index contributed by atoms with van der Waals surface area (Å²) in [6.45, 7) is 4.67. The lowest BCUT2D eigenvalue weighted by molar-refractivity contribution is -0.117. The minimum Gasteiger partial charge on any atom is -0.324 e. The van der Waals surface area contributed by atoms with Crippen LogP contribution in [0.3, 0.4) is 0 Å². The lowest BCUT2D eigenvalue weighted by Gasteiger charge is -2.30. The molecule has 0 aliphatic carbocycles. The van der Waals surface area contributed by atoms with Crippen LogP contribution in [-0.2, 0) is 24.8 Å². The molecular formula is C24H33N3O5S2. The molecule has 10 heteroatoms. The number of sulfonamides is 2. The van der Waals surface area contributed by atoms with Crippen molar-refractivity contribution in [3.05, 3.63) is 54.1 Å². The first-order valence-electron chi connectivity index (χ1n) is 11.5. The van der Waals surface area contributed by atoms with E-state index in [-0.39, 0.29) is 11.3 Å². The van der Waals surface area contributed by atoms with E-state index in [1.165, 1.54) is 28.6 Å². The van der Waals surface area contributed by atoms with Gasteiger partial charge in [0, 0.05) is 18.8 Å². The molecule has 3 rings (SSSR count). The van der Waals surface area contributed by atoms with E-state index in [0.717, 1.165) is 41.8 Å². The maximum absolute atomic E-state index is 13.1. The zero-order valence-corrected chi connectivity index (χ0v) is 21.5. The van der Waals surface area contributed by atoms with E-state index in [4.69, 9.17) is 0 Å². The van der Waals surface area contributed by atoms with E-state index in [0.29, 0.717) is 24.5 Å². The topological polar surface area (TPSA) is 104 Å². The molecular weight excluding hydrogens is 474 g/mol. The van der Waals surface area contributed by atoms with Crippen molar-refractivity contribution < 1.29 is 21.6 Å². The number of benzene rings is 2. The van der Waals surface area contributed by atoms with Crippen LogP contribution in [0.5, 0.6) is 0 Å². The molecule has 0 spiro atoms. The Morgan fingerprint density at radius 1 is 0.941 bits per heavy atom. The molecule has 0 saturated carbocycles. The highest BCUT2D eigenvalue weighted by Gasteiger charge is 2.32. The molecule has 1 fully saturated rings. The van der Waals surface area contributed by atoms with Gasteiger partial charge in [0.2, 0.25) is 26.0 Å². The van der Waals surface area contributed by atoms with Crippen molar-refractivity contribution in [1.29, 1.82) is 0 Å². The first kappa shape index (κ1) is 26.2. The fraction of sp³-hybridized carbons (Fsp3) is 0.458. The fourth-order valence-electron chi connectivity index (χ4n) is 4.12. The number of nitrogens with zero attached hydrogens (tertiary/aromatic N) is 2. The molecule has 1 saturated heterocycles. The Morgan fingerprint density at radius 2 is 1.50 bits per heavy atom. The molecule has 1 heterocycles. The number of carbonyl (C=O) groups is 1. The van der Waals surface area contributed by atoms with Crippen molar-refractivity contribution >= 4 is 37.3 Å². The molecule has 1 aliphatic rings. The summed E-state index contributed by atoms with van der Waals surface area (Å²) in [6, 6.07) is 12.0. The van der Waals surface area contributed by atoms with E-state index < -0.39 is 32.0 Å². The van der Waals surface area contributed by atoms with E-state index in [1.807, 2.05) is 6.92 Å². The first-order valence-corrected chi connectivity index (χ1v) is 14.8. The third-order valence-electron chi connectivity index (χ3n) is 5.94. The van der Waals surface area contributed by atoms with E-state index in [9.17, 15) is 21.6 Å². The Labute approximate surface area is 203 Å². The van der Waals surface area contributed by atoms with Crippen molar-refractivity contribution in [3.63, 3.8) is 0 Å². The quantitative estimate of drug-likeness (QED) is 0.586. The molecule has 186 valence electrons. The van der Waals surface area contributed by atoms with Gasteiger partial charge < -0.3 is 5.32 Å². The van der Waals surface area contributed by atoms with E-state index in [1.54, 1.807) is 31.2 Å². The number of rotatable bonds is 8. The number of carbonyl (C=O) groups excluding carboxylic acids is 1. The van der Waals surface area contributed by atoms with Crippen LogP contribution in [0.15, 0.2) is 53.4 Å². The van der Waals surface area contributed by atoms with Crippen LogP contribution in [0.4, 0.5) is 11.4 Å². The summed E-state index contributed by atoms with van der Waals surface area (Å²) in [5.74, 6) is -0.489. The predicted molar refractivity (Wildman–Crippen MR) is 135 cm³/mol. The summed E-state index contributed by atoms with van der Waals surface area (Å²) in [7, 11) is -7.32. The predicted octanol–water partition coefficient (Wildman–Crippen LogP) is 3.74. The second-order valence-electron chi connectivity index (χ2n) is 8.65. The molecule has 2 aromatic rings. The highest BCUT2D eigenvalue weighted by molar-refractivity contribution is 7.92. The van der Waals surface area contributed by atoms with E-state index in [2.05, 4.69) is 5.32 Å². The molecule has 0 bridgehead atoms. The average molecular weight is 508 g/mol. The SMILES string of the molecule is CC[C@@H](C(=O)Nc1ccc(S(=O)(=O)N2CCCCCC2)cc1)N(c1ccc(C)cc1)S(C)(=O)=O. The van der Waals surface area contributed by atoms with Crippen LogP contribution in [0.2, 0.25) is 0 Å². The molecule has 2 aromatic carbocycles. The Kier molecular flexibility index (Phi) is 8.38. The van der Waals surface area contributed by atoms with Crippen LogP contribution >= 0.6 is 0 Å². The first-order chi connectivity index (χ1) is 16.0. The van der Waals surface area contributed by atoms with Crippen molar-refractivity contribution in [2.75, 3.05) is 29.0 Å². The molecule has 1 N–H and O–H groups in total. The number of hydrogen-bond donors (Lipinski definition) is 1. The highest BCUT2D eigenvalue weighted by Crippen LogP contribution is 2.25. The number of nitrogens with one attached hydrogen (secondary N) is 1. The van der Waals surface area contributed by atoms with Gasteiger partial charge in [-0.3, -0.25) is 9.10 Å². The van der Waals surface area contributed by atoms with Gasteiger partial charge in [-0.25, -0.2) is 16.8 Å². The Balaban J connectivity index is 1.79. The smallest absolute Gasteiger partial charge is 0.248 e. The summed E-state index contributed by atoms with van der Waals surface area (Å²) in [4.78, 5) is 13.3. The molecule has 1 amide bonds. The largest absolute Gasteiger partial charge is 0.324 e. The summed E-state index contributed by atoms with van der Waals surface area (Å²) in [5, 5.41) is 2.74.